The number of carbonyl (C=O) groups excluding carboxylic acids is 1. The molecule has 2 rings (SSSR count). The summed E-state index contributed by atoms with van der Waals surface area (Å²) in [4.78, 5) is 19.1. The van der Waals surface area contributed by atoms with Crippen LogP contribution in [0, 0.1) is 13.8 Å². The molecule has 0 aliphatic carbocycles. The van der Waals surface area contributed by atoms with Gasteiger partial charge in [-0.2, -0.15) is 18.3 Å². The Balaban J connectivity index is 2.00. The molecule has 0 spiro atoms. The van der Waals surface area contributed by atoms with Crippen molar-refractivity contribution >= 4 is 5.91 Å². The smallest absolute Gasteiger partial charge is 0.349 e. The molecule has 124 valence electrons. The number of alkyl halides is 3. The van der Waals surface area contributed by atoms with E-state index in [0.717, 1.165) is 29.2 Å². The van der Waals surface area contributed by atoms with Crippen molar-refractivity contribution in [3.63, 3.8) is 0 Å². The van der Waals surface area contributed by atoms with Gasteiger partial charge in [-0.25, -0.2) is 9.97 Å². The van der Waals surface area contributed by atoms with Crippen molar-refractivity contribution in [2.24, 2.45) is 7.05 Å². The summed E-state index contributed by atoms with van der Waals surface area (Å²) in [6.07, 6.45) is -3.41. The van der Waals surface area contributed by atoms with Gasteiger partial charge < -0.3 is 5.32 Å². The minimum atomic E-state index is -4.54. The van der Waals surface area contributed by atoms with Crippen LogP contribution in [-0.4, -0.2) is 25.7 Å². The number of hydrogen-bond donors (Lipinski definition) is 1. The van der Waals surface area contributed by atoms with Crippen molar-refractivity contribution in [1.29, 1.82) is 0 Å². The third-order valence-corrected chi connectivity index (χ3v) is 3.44. The summed E-state index contributed by atoms with van der Waals surface area (Å²) in [6.45, 7) is 3.48. The van der Waals surface area contributed by atoms with Crippen LogP contribution in [0.5, 0.6) is 0 Å². The lowest BCUT2D eigenvalue weighted by Crippen LogP contribution is -2.26. The Kier molecular flexibility index (Phi) is 4.67. The van der Waals surface area contributed by atoms with Gasteiger partial charge in [-0.15, -0.1) is 0 Å². The van der Waals surface area contributed by atoms with E-state index in [2.05, 4.69) is 20.4 Å². The van der Waals surface area contributed by atoms with E-state index >= 15 is 0 Å². The highest BCUT2D eigenvalue weighted by Gasteiger charge is 2.32. The lowest BCUT2D eigenvalue weighted by Gasteiger charge is -2.08. The van der Waals surface area contributed by atoms with Gasteiger partial charge in [0.05, 0.1) is 18.7 Å². The first kappa shape index (κ1) is 16.9. The van der Waals surface area contributed by atoms with Crippen LogP contribution in [0.4, 0.5) is 13.2 Å². The molecule has 0 radical (unpaired) electrons. The first-order chi connectivity index (χ1) is 10.7. The van der Waals surface area contributed by atoms with E-state index in [4.69, 9.17) is 0 Å². The van der Waals surface area contributed by atoms with Crippen LogP contribution in [0.3, 0.4) is 0 Å². The fourth-order valence-corrected chi connectivity index (χ4v) is 2.12. The Morgan fingerprint density at radius 2 is 2.04 bits per heavy atom. The molecule has 1 amide bonds. The summed E-state index contributed by atoms with van der Waals surface area (Å²) >= 11 is 0. The highest BCUT2D eigenvalue weighted by molar-refractivity contribution is 5.79. The molecule has 0 fully saturated rings. The van der Waals surface area contributed by atoms with Gasteiger partial charge in [-0.1, -0.05) is 0 Å². The number of amides is 1. The van der Waals surface area contributed by atoms with E-state index in [-0.39, 0.29) is 24.7 Å². The molecule has 6 nitrogen and oxygen atoms in total. The molecular formula is C14H16F3N5O. The standard InChI is InChI=1S/C14H16F3N5O/c1-8-10(9(2)22(3)21-8)6-13(23)19-7-12-18-5-4-11(20-12)14(15,16)17/h4-5H,6-7H2,1-3H3,(H,19,23). The number of halogens is 3. The van der Waals surface area contributed by atoms with Crippen LogP contribution in [-0.2, 0) is 31.0 Å². The van der Waals surface area contributed by atoms with E-state index in [0.29, 0.717) is 0 Å². The van der Waals surface area contributed by atoms with Crippen LogP contribution in [0.1, 0.15) is 28.5 Å². The highest BCUT2D eigenvalue weighted by Crippen LogP contribution is 2.26. The summed E-state index contributed by atoms with van der Waals surface area (Å²) < 4.78 is 39.4. The van der Waals surface area contributed by atoms with Gasteiger partial charge in [0.1, 0.15) is 11.5 Å². The molecule has 0 saturated carbocycles. The summed E-state index contributed by atoms with van der Waals surface area (Å²) in [5.41, 5.74) is 1.38. The molecule has 0 atom stereocenters. The van der Waals surface area contributed by atoms with Crippen molar-refractivity contribution in [3.8, 4) is 0 Å². The number of nitrogens with one attached hydrogen (secondary N) is 1. The quantitative estimate of drug-likeness (QED) is 0.928. The van der Waals surface area contributed by atoms with E-state index in [1.165, 1.54) is 0 Å². The average Bonchev–Trinajstić information content (AvgIpc) is 2.71. The maximum absolute atomic E-state index is 12.6. The van der Waals surface area contributed by atoms with Crippen molar-refractivity contribution in [1.82, 2.24) is 25.1 Å². The second kappa shape index (κ2) is 6.35. The largest absolute Gasteiger partial charge is 0.433 e. The lowest BCUT2D eigenvalue weighted by molar-refractivity contribution is -0.141. The average molecular weight is 327 g/mol. The van der Waals surface area contributed by atoms with Crippen molar-refractivity contribution in [2.45, 2.75) is 33.0 Å². The molecule has 2 aromatic rings. The molecule has 0 saturated heterocycles. The molecule has 0 aliphatic heterocycles. The predicted molar refractivity (Wildman–Crippen MR) is 75.3 cm³/mol. The van der Waals surface area contributed by atoms with Gasteiger partial charge in [-0.05, 0) is 19.9 Å². The zero-order valence-corrected chi connectivity index (χ0v) is 12.9. The SMILES string of the molecule is Cc1nn(C)c(C)c1CC(=O)NCc1nccc(C(F)(F)F)n1. The van der Waals surface area contributed by atoms with Crippen LogP contribution in [0.15, 0.2) is 12.3 Å². The van der Waals surface area contributed by atoms with E-state index in [1.807, 2.05) is 6.92 Å². The Morgan fingerprint density at radius 3 is 2.61 bits per heavy atom. The Morgan fingerprint density at radius 1 is 1.35 bits per heavy atom. The molecule has 9 heteroatoms. The molecule has 1 N–H and O–H groups in total. The molecule has 2 aromatic heterocycles. The normalized spacial score (nSPS) is 11.6. The van der Waals surface area contributed by atoms with Crippen LogP contribution >= 0.6 is 0 Å². The van der Waals surface area contributed by atoms with Crippen molar-refractivity contribution in [3.05, 3.63) is 40.7 Å². The third-order valence-electron chi connectivity index (χ3n) is 3.44. The number of rotatable bonds is 4. The molecule has 0 aromatic carbocycles. The lowest BCUT2D eigenvalue weighted by atomic mass is 10.1. The van der Waals surface area contributed by atoms with Gasteiger partial charge in [0.15, 0.2) is 0 Å². The molecule has 23 heavy (non-hydrogen) atoms. The second-order valence-corrected chi connectivity index (χ2v) is 5.08. The summed E-state index contributed by atoms with van der Waals surface area (Å²) in [5.74, 6) is -0.419. The van der Waals surface area contributed by atoms with Gasteiger partial charge in [-0.3, -0.25) is 9.48 Å². The number of aromatic nitrogens is 4. The number of hydrogen-bond acceptors (Lipinski definition) is 4. The molecule has 0 aliphatic rings. The first-order valence-corrected chi connectivity index (χ1v) is 6.83. The highest BCUT2D eigenvalue weighted by atomic mass is 19.4. The second-order valence-electron chi connectivity index (χ2n) is 5.08. The van der Waals surface area contributed by atoms with Crippen LogP contribution in [0.2, 0.25) is 0 Å². The Labute approximate surface area is 130 Å². The fourth-order valence-electron chi connectivity index (χ4n) is 2.12. The summed E-state index contributed by atoms with van der Waals surface area (Å²) in [5, 5.41) is 6.73. The molecular weight excluding hydrogens is 311 g/mol. The van der Waals surface area contributed by atoms with E-state index in [9.17, 15) is 18.0 Å². The van der Waals surface area contributed by atoms with E-state index < -0.39 is 11.9 Å². The molecule has 2 heterocycles. The zero-order valence-electron chi connectivity index (χ0n) is 12.9. The first-order valence-electron chi connectivity index (χ1n) is 6.83. The van der Waals surface area contributed by atoms with E-state index in [1.54, 1.807) is 18.7 Å². The minimum absolute atomic E-state index is 0.0900. The zero-order chi connectivity index (χ0) is 17.2. The third kappa shape index (κ3) is 4.05. The fraction of sp³-hybridized carbons (Fsp3) is 0.429. The monoisotopic (exact) mass is 327 g/mol. The number of aryl methyl sites for hydroxylation is 2. The topological polar surface area (TPSA) is 72.7 Å². The van der Waals surface area contributed by atoms with Gasteiger partial charge in [0, 0.05) is 24.5 Å². The summed E-state index contributed by atoms with van der Waals surface area (Å²) in [6, 6.07) is 0.785. The maximum Gasteiger partial charge on any atom is 0.433 e. The molecule has 0 unspecified atom stereocenters. The minimum Gasteiger partial charge on any atom is -0.349 e. The van der Waals surface area contributed by atoms with Crippen LogP contribution in [0.25, 0.3) is 0 Å². The van der Waals surface area contributed by atoms with Gasteiger partial charge >= 0.3 is 6.18 Å². The van der Waals surface area contributed by atoms with Crippen LogP contribution < -0.4 is 5.32 Å². The Bertz CT molecular complexity index is 724. The van der Waals surface area contributed by atoms with Crippen molar-refractivity contribution in [2.75, 3.05) is 0 Å². The van der Waals surface area contributed by atoms with Gasteiger partial charge in [0.2, 0.25) is 5.91 Å². The Hall–Kier alpha value is -2.45. The predicted octanol–water partition coefficient (Wildman–Crippen LogP) is 1.70. The van der Waals surface area contributed by atoms with Crippen molar-refractivity contribution < 1.29 is 18.0 Å². The maximum atomic E-state index is 12.6. The van der Waals surface area contributed by atoms with Gasteiger partial charge in [0.25, 0.3) is 0 Å². The number of carbonyl (C=O) groups is 1. The number of nitrogens with zero attached hydrogens (tertiary/aromatic N) is 4. The summed E-state index contributed by atoms with van der Waals surface area (Å²) in [7, 11) is 1.78. The molecule has 0 bridgehead atoms.